The van der Waals surface area contributed by atoms with Crippen molar-refractivity contribution in [2.75, 3.05) is 0 Å². The number of hydrogen-bond donors (Lipinski definition) is 0. The molecule has 0 aromatic rings. The summed E-state index contributed by atoms with van der Waals surface area (Å²) in [7, 11) is 0. The van der Waals surface area contributed by atoms with Gasteiger partial charge >= 0.3 is 5.97 Å². The second kappa shape index (κ2) is 6.94. The number of ketones is 1. The average molecular weight is 413 g/mol. The molecule has 8 atom stereocenters. The van der Waals surface area contributed by atoms with E-state index in [1.807, 2.05) is 6.92 Å². The van der Waals surface area contributed by atoms with Crippen molar-refractivity contribution in [1.29, 1.82) is 0 Å². The van der Waals surface area contributed by atoms with Gasteiger partial charge in [0, 0.05) is 18.8 Å². The molecule has 0 aromatic heterocycles. The number of hydrogen-bond acceptors (Lipinski definition) is 3. The minimum atomic E-state index is -0.144. The van der Waals surface area contributed by atoms with Crippen LogP contribution in [0.2, 0.25) is 0 Å². The Hall–Kier alpha value is -1.12. The van der Waals surface area contributed by atoms with Crippen molar-refractivity contribution < 1.29 is 14.3 Å². The Balaban J connectivity index is 1.46. The molecule has 0 bridgehead atoms. The molecule has 4 fully saturated rings. The van der Waals surface area contributed by atoms with Gasteiger partial charge in [0.1, 0.15) is 11.9 Å². The second-order valence-electron chi connectivity index (χ2n) is 11.9. The molecule has 30 heavy (non-hydrogen) atoms. The van der Waals surface area contributed by atoms with Crippen LogP contribution in [-0.2, 0) is 14.3 Å². The molecule has 5 rings (SSSR count). The SMILES string of the molecule is CC(=O)O[C@H]1CC[C@@]2(C)C(=CC[C@H]3[C@H]2CC[C@]2(C)[C@@H]3C[C@H]3CCCC[C@]32C(C)=O)C1. The van der Waals surface area contributed by atoms with Gasteiger partial charge in [0.2, 0.25) is 0 Å². The third-order valence-electron chi connectivity index (χ3n) is 11.0. The van der Waals surface area contributed by atoms with E-state index < -0.39 is 0 Å². The van der Waals surface area contributed by atoms with Crippen LogP contribution in [0.3, 0.4) is 0 Å². The summed E-state index contributed by atoms with van der Waals surface area (Å²) in [6.45, 7) is 8.46. The Kier molecular flexibility index (Phi) is 4.80. The van der Waals surface area contributed by atoms with Crippen LogP contribution in [0.1, 0.15) is 98.3 Å². The Bertz CT molecular complexity index is 783. The van der Waals surface area contributed by atoms with Crippen LogP contribution in [0.5, 0.6) is 0 Å². The molecule has 5 aliphatic carbocycles. The number of allylic oxidation sites excluding steroid dienone is 1. The molecule has 3 heteroatoms. The molecule has 0 radical (unpaired) electrons. The first-order valence-electron chi connectivity index (χ1n) is 12.6. The van der Waals surface area contributed by atoms with Crippen LogP contribution in [-0.4, -0.2) is 17.9 Å². The molecule has 3 nitrogen and oxygen atoms in total. The van der Waals surface area contributed by atoms with Crippen LogP contribution in [0, 0.1) is 39.9 Å². The van der Waals surface area contributed by atoms with Crippen molar-refractivity contribution in [1.82, 2.24) is 0 Å². The summed E-state index contributed by atoms with van der Waals surface area (Å²) in [5.41, 5.74) is 1.97. The third kappa shape index (κ3) is 2.62. The second-order valence-corrected chi connectivity index (χ2v) is 11.9. The highest BCUT2D eigenvalue weighted by Gasteiger charge is 2.68. The number of fused-ring (bicyclic) bond motifs is 7. The lowest BCUT2D eigenvalue weighted by molar-refractivity contribution is -0.151. The molecule has 5 aliphatic rings. The normalized spacial score (nSPS) is 49.7. The minimum absolute atomic E-state index is 0.0429. The van der Waals surface area contributed by atoms with E-state index in [0.29, 0.717) is 17.6 Å². The van der Waals surface area contributed by atoms with Crippen molar-refractivity contribution in [3.8, 4) is 0 Å². The van der Waals surface area contributed by atoms with Crippen LogP contribution in [0.15, 0.2) is 11.6 Å². The van der Waals surface area contributed by atoms with Gasteiger partial charge in [0.25, 0.3) is 0 Å². The maximum absolute atomic E-state index is 13.2. The number of Topliss-reactive ketones (excluding diaryl/α,β-unsaturated/α-hetero) is 1. The maximum atomic E-state index is 13.2. The minimum Gasteiger partial charge on any atom is -0.462 e. The van der Waals surface area contributed by atoms with E-state index in [1.165, 1.54) is 51.9 Å². The Morgan fingerprint density at radius 3 is 2.53 bits per heavy atom. The molecule has 0 spiro atoms. The van der Waals surface area contributed by atoms with Gasteiger partial charge in [-0.2, -0.15) is 0 Å². The third-order valence-corrected chi connectivity index (χ3v) is 11.0. The smallest absolute Gasteiger partial charge is 0.302 e. The summed E-state index contributed by atoms with van der Waals surface area (Å²) < 4.78 is 5.59. The van der Waals surface area contributed by atoms with Gasteiger partial charge in [0.15, 0.2) is 0 Å². The zero-order valence-electron chi connectivity index (χ0n) is 19.5. The van der Waals surface area contributed by atoms with E-state index in [9.17, 15) is 9.59 Å². The largest absolute Gasteiger partial charge is 0.462 e. The van der Waals surface area contributed by atoms with E-state index >= 15 is 0 Å². The molecule has 0 aliphatic heterocycles. The summed E-state index contributed by atoms with van der Waals surface area (Å²) in [5, 5.41) is 0. The van der Waals surface area contributed by atoms with Crippen molar-refractivity contribution in [2.45, 2.75) is 104 Å². The average Bonchev–Trinajstić information content (AvgIpc) is 2.98. The highest BCUT2D eigenvalue weighted by atomic mass is 16.5. The predicted octanol–water partition coefficient (Wildman–Crippen LogP) is 6.26. The number of esters is 1. The molecule has 0 amide bonds. The van der Waals surface area contributed by atoms with E-state index in [4.69, 9.17) is 4.74 Å². The molecular formula is C27H40O3. The topological polar surface area (TPSA) is 43.4 Å². The quantitative estimate of drug-likeness (QED) is 0.397. The lowest BCUT2D eigenvalue weighted by Gasteiger charge is -2.60. The zero-order valence-corrected chi connectivity index (χ0v) is 19.5. The number of carbonyl (C=O) groups is 2. The van der Waals surface area contributed by atoms with Gasteiger partial charge in [-0.05, 0) is 92.8 Å². The molecule has 0 unspecified atom stereocenters. The maximum Gasteiger partial charge on any atom is 0.302 e. The van der Waals surface area contributed by atoms with Crippen molar-refractivity contribution in [3.05, 3.63) is 11.6 Å². The van der Waals surface area contributed by atoms with E-state index in [-0.39, 0.29) is 28.3 Å². The first-order chi connectivity index (χ1) is 14.2. The zero-order chi connectivity index (χ0) is 21.3. The molecule has 0 aromatic carbocycles. The Morgan fingerprint density at radius 1 is 1.00 bits per heavy atom. The van der Waals surface area contributed by atoms with Gasteiger partial charge in [-0.1, -0.05) is 38.3 Å². The molecule has 0 saturated heterocycles. The fourth-order valence-corrected chi connectivity index (χ4v) is 9.76. The lowest BCUT2D eigenvalue weighted by atomic mass is 9.44. The first kappa shape index (κ1) is 20.8. The molecule has 4 saturated carbocycles. The summed E-state index contributed by atoms with van der Waals surface area (Å²) in [4.78, 5) is 24.7. The van der Waals surface area contributed by atoms with Crippen molar-refractivity contribution >= 4 is 11.8 Å². The summed E-state index contributed by atoms with van der Waals surface area (Å²) in [5.74, 6) is 3.13. The Morgan fingerprint density at radius 2 is 1.80 bits per heavy atom. The predicted molar refractivity (Wildman–Crippen MR) is 118 cm³/mol. The molecule has 166 valence electrons. The van der Waals surface area contributed by atoms with E-state index in [0.717, 1.165) is 37.5 Å². The lowest BCUT2D eigenvalue weighted by Crippen LogP contribution is -2.55. The molecule has 0 N–H and O–H groups in total. The highest BCUT2D eigenvalue weighted by Crippen LogP contribution is 2.73. The number of carbonyl (C=O) groups excluding carboxylic acids is 2. The number of ether oxygens (including phenoxy) is 1. The standard InChI is InChI=1S/C27H40O3/c1-17(28)27-12-6-5-7-20(27)16-24-22-9-8-19-15-21(30-18(2)29)10-13-25(19,3)23(22)11-14-26(24,27)4/h8,20-24H,5-7,9-16H2,1-4H3/t20-,21+,22+,23-,24-,25+,26-,27+/m1/s1. The monoisotopic (exact) mass is 412 g/mol. The van der Waals surface area contributed by atoms with Gasteiger partial charge in [-0.3, -0.25) is 9.59 Å². The highest BCUT2D eigenvalue weighted by molar-refractivity contribution is 5.84. The first-order valence-corrected chi connectivity index (χ1v) is 12.6. The Labute approximate surface area is 182 Å². The molecular weight excluding hydrogens is 372 g/mol. The fraction of sp³-hybridized carbons (Fsp3) is 0.852. The van der Waals surface area contributed by atoms with Gasteiger partial charge in [-0.15, -0.1) is 0 Å². The van der Waals surface area contributed by atoms with Crippen LogP contribution in [0.4, 0.5) is 0 Å². The molecule has 0 heterocycles. The number of rotatable bonds is 2. The van der Waals surface area contributed by atoms with Crippen LogP contribution >= 0.6 is 0 Å². The van der Waals surface area contributed by atoms with Gasteiger partial charge in [-0.25, -0.2) is 0 Å². The van der Waals surface area contributed by atoms with E-state index in [2.05, 4.69) is 19.9 Å². The summed E-state index contributed by atoms with van der Waals surface area (Å²) in [6, 6.07) is 0. The van der Waals surface area contributed by atoms with Gasteiger partial charge < -0.3 is 4.74 Å². The van der Waals surface area contributed by atoms with Gasteiger partial charge in [0.05, 0.1) is 0 Å². The van der Waals surface area contributed by atoms with Crippen LogP contribution < -0.4 is 0 Å². The summed E-state index contributed by atoms with van der Waals surface area (Å²) >= 11 is 0. The van der Waals surface area contributed by atoms with Crippen molar-refractivity contribution in [3.63, 3.8) is 0 Å². The van der Waals surface area contributed by atoms with Crippen molar-refractivity contribution in [2.24, 2.45) is 39.9 Å². The summed E-state index contributed by atoms with van der Waals surface area (Å²) in [6.07, 6.45) is 15.6. The van der Waals surface area contributed by atoms with E-state index in [1.54, 1.807) is 5.57 Å². The van der Waals surface area contributed by atoms with Crippen LogP contribution in [0.25, 0.3) is 0 Å². The fourth-order valence-electron chi connectivity index (χ4n) is 9.76.